The molecule has 22 heavy (non-hydrogen) atoms. The molecule has 0 atom stereocenters. The topological polar surface area (TPSA) is 63.5 Å². The maximum absolute atomic E-state index is 12.3. The van der Waals surface area contributed by atoms with Crippen molar-refractivity contribution in [2.24, 2.45) is 0 Å². The molecule has 0 bridgehead atoms. The molecule has 5 heteroatoms. The first-order valence-corrected chi connectivity index (χ1v) is 7.14. The Morgan fingerprint density at radius 2 is 1.86 bits per heavy atom. The number of carbonyl (C=O) groups is 1. The van der Waals surface area contributed by atoms with Crippen LogP contribution in [-0.2, 0) is 6.54 Å². The second-order valence-electron chi connectivity index (χ2n) is 5.02. The minimum absolute atomic E-state index is 0.0584. The molecule has 0 radical (unpaired) electrons. The van der Waals surface area contributed by atoms with E-state index in [2.05, 4.69) is 0 Å². The van der Waals surface area contributed by atoms with Gasteiger partial charge in [-0.2, -0.15) is 0 Å². The van der Waals surface area contributed by atoms with Gasteiger partial charge in [0.25, 0.3) is 5.69 Å². The number of benzene rings is 2. The molecule has 0 aliphatic rings. The van der Waals surface area contributed by atoms with E-state index in [9.17, 15) is 14.9 Å². The van der Waals surface area contributed by atoms with Gasteiger partial charge in [0.2, 0.25) is 0 Å². The molecule has 0 unspecified atom stereocenters. The van der Waals surface area contributed by atoms with Crippen molar-refractivity contribution in [1.29, 1.82) is 0 Å². The van der Waals surface area contributed by atoms with E-state index in [1.54, 1.807) is 12.1 Å². The van der Waals surface area contributed by atoms with Crippen LogP contribution in [0.3, 0.4) is 0 Å². The summed E-state index contributed by atoms with van der Waals surface area (Å²) in [5.41, 5.74) is 1.45. The molecule has 0 aromatic heterocycles. The highest BCUT2D eigenvalue weighted by atomic mass is 16.6. The highest BCUT2D eigenvalue weighted by Crippen LogP contribution is 2.14. The smallest absolute Gasteiger partial charge is 0.270 e. The second-order valence-corrected chi connectivity index (χ2v) is 5.02. The van der Waals surface area contributed by atoms with E-state index in [1.165, 1.54) is 12.1 Å². The Bertz CT molecular complexity index is 656. The Morgan fingerprint density at radius 1 is 1.14 bits per heavy atom. The first-order chi connectivity index (χ1) is 10.6. The number of Topliss-reactive ketones (excluding diaryl/α,β-unsaturated/α-hetero) is 1. The summed E-state index contributed by atoms with van der Waals surface area (Å²) in [5.74, 6) is -0.110. The average molecular weight is 298 g/mol. The average Bonchev–Trinajstić information content (AvgIpc) is 2.55. The fourth-order valence-corrected chi connectivity index (χ4v) is 2.21. The Morgan fingerprint density at radius 3 is 2.50 bits per heavy atom. The van der Waals surface area contributed by atoms with Crippen LogP contribution < -0.4 is 0 Å². The SMILES string of the molecule is CCN(CC(=O)c1cccc([N+](=O)[O-])c1)Cc1ccccc1. The third kappa shape index (κ3) is 4.23. The lowest BCUT2D eigenvalue weighted by molar-refractivity contribution is -0.384. The lowest BCUT2D eigenvalue weighted by atomic mass is 10.1. The van der Waals surface area contributed by atoms with Crippen LogP contribution in [0.4, 0.5) is 5.69 Å². The van der Waals surface area contributed by atoms with Crippen LogP contribution >= 0.6 is 0 Å². The number of hydrogen-bond acceptors (Lipinski definition) is 4. The molecule has 0 heterocycles. The first kappa shape index (κ1) is 15.9. The molecule has 0 aliphatic heterocycles. The normalized spacial score (nSPS) is 10.6. The molecule has 2 aromatic rings. The van der Waals surface area contributed by atoms with Crippen molar-refractivity contribution >= 4 is 11.5 Å². The number of likely N-dealkylation sites (N-methyl/N-ethyl adjacent to an activating group) is 1. The zero-order chi connectivity index (χ0) is 15.9. The van der Waals surface area contributed by atoms with Crippen molar-refractivity contribution < 1.29 is 9.72 Å². The summed E-state index contributed by atoms with van der Waals surface area (Å²) >= 11 is 0. The van der Waals surface area contributed by atoms with Crippen molar-refractivity contribution in [1.82, 2.24) is 4.90 Å². The fourth-order valence-electron chi connectivity index (χ4n) is 2.21. The summed E-state index contributed by atoms with van der Waals surface area (Å²) in [4.78, 5) is 24.6. The van der Waals surface area contributed by atoms with Gasteiger partial charge < -0.3 is 0 Å². The third-order valence-electron chi connectivity index (χ3n) is 3.44. The molecule has 2 aromatic carbocycles. The number of rotatable bonds is 7. The van der Waals surface area contributed by atoms with E-state index in [0.717, 1.165) is 12.1 Å². The zero-order valence-corrected chi connectivity index (χ0v) is 12.4. The number of carbonyl (C=O) groups excluding carboxylic acids is 1. The summed E-state index contributed by atoms with van der Waals surface area (Å²) in [5, 5.41) is 10.8. The van der Waals surface area contributed by atoms with Crippen LogP contribution in [0.15, 0.2) is 54.6 Å². The molecule has 0 spiro atoms. The summed E-state index contributed by atoms with van der Waals surface area (Å²) in [6, 6.07) is 15.8. The quantitative estimate of drug-likeness (QED) is 0.447. The highest BCUT2D eigenvalue weighted by Gasteiger charge is 2.14. The van der Waals surface area contributed by atoms with Gasteiger partial charge >= 0.3 is 0 Å². The minimum atomic E-state index is -0.488. The van der Waals surface area contributed by atoms with Crippen molar-refractivity contribution in [2.45, 2.75) is 13.5 Å². The number of nitro benzene ring substituents is 1. The Hall–Kier alpha value is -2.53. The maximum atomic E-state index is 12.3. The lowest BCUT2D eigenvalue weighted by Gasteiger charge is -2.19. The minimum Gasteiger partial charge on any atom is -0.293 e. The molecule has 0 amide bonds. The second kappa shape index (κ2) is 7.47. The summed E-state index contributed by atoms with van der Waals surface area (Å²) in [7, 11) is 0. The lowest BCUT2D eigenvalue weighted by Crippen LogP contribution is -2.29. The summed E-state index contributed by atoms with van der Waals surface area (Å²) in [6.45, 7) is 3.64. The van der Waals surface area contributed by atoms with Gasteiger partial charge in [-0.15, -0.1) is 0 Å². The zero-order valence-electron chi connectivity index (χ0n) is 12.4. The fraction of sp³-hybridized carbons (Fsp3) is 0.235. The molecule has 2 rings (SSSR count). The van der Waals surface area contributed by atoms with E-state index >= 15 is 0 Å². The maximum Gasteiger partial charge on any atom is 0.270 e. The summed E-state index contributed by atoms with van der Waals surface area (Å²) in [6.07, 6.45) is 0. The van der Waals surface area contributed by atoms with Crippen LogP contribution in [-0.4, -0.2) is 28.7 Å². The number of ketones is 1. The number of nitro groups is 1. The van der Waals surface area contributed by atoms with Gasteiger partial charge in [0, 0.05) is 24.2 Å². The first-order valence-electron chi connectivity index (χ1n) is 7.14. The van der Waals surface area contributed by atoms with Crippen LogP contribution in [0, 0.1) is 10.1 Å². The van der Waals surface area contributed by atoms with Crippen molar-refractivity contribution in [3.63, 3.8) is 0 Å². The van der Waals surface area contributed by atoms with Gasteiger partial charge in [0.05, 0.1) is 11.5 Å². The predicted molar refractivity (Wildman–Crippen MR) is 84.8 cm³/mol. The largest absolute Gasteiger partial charge is 0.293 e. The number of hydrogen-bond donors (Lipinski definition) is 0. The van der Waals surface area contributed by atoms with Crippen LogP contribution in [0.5, 0.6) is 0 Å². The molecule has 5 nitrogen and oxygen atoms in total. The standard InChI is InChI=1S/C17H18N2O3/c1-2-18(12-14-7-4-3-5-8-14)13-17(20)15-9-6-10-16(11-15)19(21)22/h3-11H,2,12-13H2,1H3. The van der Waals surface area contributed by atoms with E-state index in [0.29, 0.717) is 12.1 Å². The van der Waals surface area contributed by atoms with Gasteiger partial charge in [-0.05, 0) is 12.1 Å². The molecule has 0 saturated carbocycles. The highest BCUT2D eigenvalue weighted by molar-refractivity contribution is 5.98. The van der Waals surface area contributed by atoms with Crippen molar-refractivity contribution in [2.75, 3.05) is 13.1 Å². The van der Waals surface area contributed by atoms with Crippen LogP contribution in [0.1, 0.15) is 22.8 Å². The molecule has 0 N–H and O–H groups in total. The molecular weight excluding hydrogens is 280 g/mol. The number of nitrogens with zero attached hydrogens (tertiary/aromatic N) is 2. The van der Waals surface area contributed by atoms with E-state index < -0.39 is 4.92 Å². The monoisotopic (exact) mass is 298 g/mol. The van der Waals surface area contributed by atoms with Crippen molar-refractivity contribution in [3.8, 4) is 0 Å². The van der Waals surface area contributed by atoms with Gasteiger partial charge in [0.1, 0.15) is 0 Å². The molecule has 0 fully saturated rings. The van der Waals surface area contributed by atoms with E-state index in [1.807, 2.05) is 42.2 Å². The molecular formula is C17H18N2O3. The van der Waals surface area contributed by atoms with Gasteiger partial charge in [-0.3, -0.25) is 19.8 Å². The van der Waals surface area contributed by atoms with E-state index in [-0.39, 0.29) is 18.0 Å². The molecule has 114 valence electrons. The van der Waals surface area contributed by atoms with Gasteiger partial charge in [-0.1, -0.05) is 49.4 Å². The van der Waals surface area contributed by atoms with Gasteiger partial charge in [-0.25, -0.2) is 0 Å². The third-order valence-corrected chi connectivity index (χ3v) is 3.44. The Labute approximate surface area is 129 Å². The predicted octanol–water partition coefficient (Wildman–Crippen LogP) is 3.30. The van der Waals surface area contributed by atoms with Crippen molar-refractivity contribution in [3.05, 3.63) is 75.8 Å². The van der Waals surface area contributed by atoms with Gasteiger partial charge in [0.15, 0.2) is 5.78 Å². The van der Waals surface area contributed by atoms with Crippen LogP contribution in [0.25, 0.3) is 0 Å². The van der Waals surface area contributed by atoms with E-state index in [4.69, 9.17) is 0 Å². The Balaban J connectivity index is 2.06. The number of non-ortho nitro benzene ring substituents is 1. The van der Waals surface area contributed by atoms with Crippen LogP contribution in [0.2, 0.25) is 0 Å². The molecule has 0 saturated heterocycles. The molecule has 0 aliphatic carbocycles. The summed E-state index contributed by atoms with van der Waals surface area (Å²) < 4.78 is 0. The Kier molecular flexibility index (Phi) is 5.38.